The van der Waals surface area contributed by atoms with Crippen molar-refractivity contribution in [1.82, 2.24) is 5.32 Å². The Morgan fingerprint density at radius 3 is 2.28 bits per heavy atom. The first kappa shape index (κ1) is 28.7. The van der Waals surface area contributed by atoms with Gasteiger partial charge in [-0.15, -0.1) is 0 Å². The molecule has 1 aromatic heterocycles. The molecule has 10 rings (SSSR count). The van der Waals surface area contributed by atoms with E-state index >= 15 is 0 Å². The fourth-order valence-electron chi connectivity index (χ4n) is 8.03. The van der Waals surface area contributed by atoms with Crippen molar-refractivity contribution in [3.8, 4) is 11.1 Å². The highest BCUT2D eigenvalue weighted by molar-refractivity contribution is 6.21. The molecule has 0 bridgehead atoms. The molecule has 0 fully saturated rings. The van der Waals surface area contributed by atoms with Gasteiger partial charge in [0.1, 0.15) is 23.2 Å². The summed E-state index contributed by atoms with van der Waals surface area (Å²) in [5.74, 6) is 1.86. The zero-order valence-electron chi connectivity index (χ0n) is 27.4. The fourth-order valence-corrected chi connectivity index (χ4v) is 8.03. The Kier molecular flexibility index (Phi) is 6.73. The van der Waals surface area contributed by atoms with Crippen molar-refractivity contribution in [3.05, 3.63) is 191 Å². The molecule has 2 aliphatic rings. The lowest BCUT2D eigenvalue weighted by atomic mass is 9.89. The lowest BCUT2D eigenvalue weighted by Gasteiger charge is -2.23. The van der Waals surface area contributed by atoms with E-state index in [4.69, 9.17) is 14.4 Å². The Balaban J connectivity index is 1.01. The molecule has 0 saturated carbocycles. The smallest absolute Gasteiger partial charge is 0.160 e. The Bertz CT molecular complexity index is 2630. The van der Waals surface area contributed by atoms with Crippen LogP contribution in [0.3, 0.4) is 0 Å². The SMILES string of the molecule is c1ccc(C2=NC(c3cccc4oc5cc(CCC6c7ccccc7-c7c6ccc6ccccc76)ccc5c34)=NC(c3ccccc3)N2)cc1. The fraction of sp³-hybridized carbons (Fsp3) is 0.0870. The van der Waals surface area contributed by atoms with Gasteiger partial charge in [0.2, 0.25) is 0 Å². The number of nitrogens with zero attached hydrogens (tertiary/aromatic N) is 2. The van der Waals surface area contributed by atoms with Crippen molar-refractivity contribution in [2.75, 3.05) is 0 Å². The van der Waals surface area contributed by atoms with E-state index in [1.807, 2.05) is 48.5 Å². The lowest BCUT2D eigenvalue weighted by molar-refractivity contribution is 0.666. The summed E-state index contributed by atoms with van der Waals surface area (Å²) in [5, 5.41) is 8.33. The molecule has 0 radical (unpaired) electrons. The van der Waals surface area contributed by atoms with Crippen LogP contribution < -0.4 is 5.32 Å². The van der Waals surface area contributed by atoms with E-state index in [-0.39, 0.29) is 6.17 Å². The van der Waals surface area contributed by atoms with E-state index in [0.717, 1.165) is 57.3 Å². The summed E-state index contributed by atoms with van der Waals surface area (Å²) in [6.45, 7) is 0. The van der Waals surface area contributed by atoms with Crippen molar-refractivity contribution < 1.29 is 4.42 Å². The monoisotopic (exact) mass is 643 g/mol. The minimum Gasteiger partial charge on any atom is -0.456 e. The van der Waals surface area contributed by atoms with Crippen molar-refractivity contribution in [3.63, 3.8) is 0 Å². The Morgan fingerprint density at radius 1 is 0.600 bits per heavy atom. The van der Waals surface area contributed by atoms with Crippen LogP contribution in [0.1, 0.15) is 51.9 Å². The Hall–Kier alpha value is -6.26. The van der Waals surface area contributed by atoms with E-state index in [1.54, 1.807) is 0 Å². The van der Waals surface area contributed by atoms with Crippen LogP contribution in [0.2, 0.25) is 0 Å². The number of hydrogen-bond donors (Lipinski definition) is 1. The van der Waals surface area contributed by atoms with Gasteiger partial charge in [-0.2, -0.15) is 0 Å². The van der Waals surface area contributed by atoms with Gasteiger partial charge in [0.25, 0.3) is 0 Å². The average molecular weight is 644 g/mol. The van der Waals surface area contributed by atoms with Crippen LogP contribution in [-0.2, 0) is 6.42 Å². The second-order valence-electron chi connectivity index (χ2n) is 13.3. The maximum absolute atomic E-state index is 6.56. The zero-order valence-corrected chi connectivity index (χ0v) is 27.4. The first-order valence-electron chi connectivity index (χ1n) is 17.4. The summed E-state index contributed by atoms with van der Waals surface area (Å²) in [7, 11) is 0. The number of benzene rings is 7. The number of aryl methyl sites for hydroxylation is 1. The molecule has 0 saturated heterocycles. The summed E-state index contributed by atoms with van der Waals surface area (Å²) >= 11 is 0. The van der Waals surface area contributed by atoms with Crippen LogP contribution in [0, 0.1) is 0 Å². The summed E-state index contributed by atoms with van der Waals surface area (Å²) in [5.41, 5.74) is 11.7. The molecule has 0 spiro atoms. The van der Waals surface area contributed by atoms with Gasteiger partial charge in [0, 0.05) is 27.8 Å². The predicted octanol–water partition coefficient (Wildman–Crippen LogP) is 11.0. The molecule has 7 aromatic carbocycles. The van der Waals surface area contributed by atoms with Gasteiger partial charge in [-0.1, -0.05) is 146 Å². The number of fused-ring (bicyclic) bond motifs is 8. The van der Waals surface area contributed by atoms with E-state index in [1.165, 1.54) is 38.6 Å². The number of furan rings is 1. The Morgan fingerprint density at radius 2 is 1.38 bits per heavy atom. The standard InChI is InChI=1S/C46H33N3O/c1-3-13-31(14-4-1)44-47-45(32-15-5-2-6-16-32)49-46(48-44)39-20-11-21-40-43(39)38-26-23-29(28-41(38)50-40)22-25-35-34-18-9-10-19-36(34)42-33-17-8-7-12-30(33)24-27-37(35)42/h1-21,23-24,26-28,35,44H,22,25H2,(H,47,48,49). The first-order valence-corrected chi connectivity index (χ1v) is 17.4. The number of hydrogen-bond acceptors (Lipinski definition) is 4. The Labute approximate surface area is 290 Å². The summed E-state index contributed by atoms with van der Waals surface area (Å²) in [6, 6.07) is 55.9. The third kappa shape index (κ3) is 4.75. The quantitative estimate of drug-likeness (QED) is 0.196. The van der Waals surface area contributed by atoms with Crippen LogP contribution in [0.4, 0.5) is 0 Å². The van der Waals surface area contributed by atoms with Gasteiger partial charge >= 0.3 is 0 Å². The lowest BCUT2D eigenvalue weighted by Crippen LogP contribution is -2.33. The highest BCUT2D eigenvalue weighted by atomic mass is 16.3. The molecule has 8 aromatic rings. The summed E-state index contributed by atoms with van der Waals surface area (Å²) < 4.78 is 6.56. The van der Waals surface area contributed by atoms with Gasteiger partial charge in [0.05, 0.1) is 0 Å². The summed E-state index contributed by atoms with van der Waals surface area (Å²) in [6.07, 6.45) is 1.72. The van der Waals surface area contributed by atoms with Gasteiger partial charge in [-0.3, -0.25) is 0 Å². The molecule has 2 atom stereocenters. The third-order valence-electron chi connectivity index (χ3n) is 10.4. The van der Waals surface area contributed by atoms with E-state index in [0.29, 0.717) is 11.8 Å². The van der Waals surface area contributed by atoms with Crippen LogP contribution >= 0.6 is 0 Å². The number of rotatable bonds is 6. The van der Waals surface area contributed by atoms with Crippen LogP contribution in [-0.4, -0.2) is 11.7 Å². The third-order valence-corrected chi connectivity index (χ3v) is 10.4. The van der Waals surface area contributed by atoms with Crippen molar-refractivity contribution in [2.45, 2.75) is 24.9 Å². The highest BCUT2D eigenvalue weighted by Crippen LogP contribution is 2.49. The van der Waals surface area contributed by atoms with E-state index in [2.05, 4.69) is 115 Å². The molecule has 0 amide bonds. The van der Waals surface area contributed by atoms with Gasteiger partial charge in [-0.05, 0) is 69.1 Å². The highest BCUT2D eigenvalue weighted by Gasteiger charge is 2.30. The molecule has 1 aliphatic carbocycles. The first-order chi connectivity index (χ1) is 24.8. The zero-order chi connectivity index (χ0) is 33.0. The molecule has 1 aliphatic heterocycles. The topological polar surface area (TPSA) is 49.9 Å². The molecule has 238 valence electrons. The number of nitrogens with one attached hydrogen (secondary N) is 1. The van der Waals surface area contributed by atoms with Crippen molar-refractivity contribution >= 4 is 44.4 Å². The largest absolute Gasteiger partial charge is 0.456 e. The van der Waals surface area contributed by atoms with E-state index < -0.39 is 0 Å². The van der Waals surface area contributed by atoms with Crippen LogP contribution in [0.5, 0.6) is 0 Å². The molecular weight excluding hydrogens is 611 g/mol. The van der Waals surface area contributed by atoms with Gasteiger partial charge in [-0.25, -0.2) is 9.98 Å². The van der Waals surface area contributed by atoms with Crippen molar-refractivity contribution in [1.29, 1.82) is 0 Å². The number of amidine groups is 2. The van der Waals surface area contributed by atoms with Gasteiger partial charge < -0.3 is 9.73 Å². The normalized spacial score (nSPS) is 16.6. The maximum atomic E-state index is 6.56. The van der Waals surface area contributed by atoms with E-state index in [9.17, 15) is 0 Å². The van der Waals surface area contributed by atoms with Crippen molar-refractivity contribution in [2.24, 2.45) is 9.98 Å². The predicted molar refractivity (Wildman–Crippen MR) is 205 cm³/mol. The molecule has 2 unspecified atom stereocenters. The molecular formula is C46H33N3O. The molecule has 1 N–H and O–H groups in total. The maximum Gasteiger partial charge on any atom is 0.160 e. The molecule has 2 heterocycles. The second kappa shape index (κ2) is 11.7. The number of aliphatic imine (C=N–C) groups is 2. The minimum absolute atomic E-state index is 0.261. The molecule has 4 nitrogen and oxygen atoms in total. The molecule has 4 heteroatoms. The van der Waals surface area contributed by atoms with Gasteiger partial charge in [0.15, 0.2) is 5.84 Å². The average Bonchev–Trinajstić information content (AvgIpc) is 3.73. The summed E-state index contributed by atoms with van der Waals surface area (Å²) in [4.78, 5) is 10.3. The molecule has 50 heavy (non-hydrogen) atoms. The minimum atomic E-state index is -0.261. The second-order valence-corrected chi connectivity index (χ2v) is 13.3. The van der Waals surface area contributed by atoms with Crippen LogP contribution in [0.15, 0.2) is 172 Å². The van der Waals surface area contributed by atoms with Crippen LogP contribution in [0.25, 0.3) is 43.8 Å².